The molecule has 1 aromatic rings. The first-order chi connectivity index (χ1) is 11.9. The van der Waals surface area contributed by atoms with Crippen molar-refractivity contribution in [1.82, 2.24) is 0 Å². The molecule has 0 saturated heterocycles. The van der Waals surface area contributed by atoms with Crippen LogP contribution in [0.2, 0.25) is 0 Å². The minimum absolute atomic E-state index is 0.250. The van der Waals surface area contributed by atoms with Crippen LogP contribution in [-0.4, -0.2) is 46.4 Å². The van der Waals surface area contributed by atoms with Crippen molar-refractivity contribution in [2.24, 2.45) is 0 Å². The van der Waals surface area contributed by atoms with Crippen LogP contribution in [0.5, 0.6) is 0 Å². The average molecular weight is 356 g/mol. The zero-order valence-corrected chi connectivity index (χ0v) is 14.8. The summed E-state index contributed by atoms with van der Waals surface area (Å²) in [6, 6.07) is 8.30. The van der Waals surface area contributed by atoms with Gasteiger partial charge >= 0.3 is 11.9 Å². The van der Waals surface area contributed by atoms with E-state index in [0.29, 0.717) is 18.6 Å². The number of aliphatic hydroxyl groups excluding tert-OH is 1. The van der Waals surface area contributed by atoms with Gasteiger partial charge in [0.05, 0.1) is 12.2 Å². The molecule has 0 fully saturated rings. The molecule has 0 aromatic heterocycles. The van der Waals surface area contributed by atoms with E-state index in [4.69, 9.17) is 19.7 Å². The van der Waals surface area contributed by atoms with Crippen LogP contribution in [0.25, 0.3) is 0 Å². The van der Waals surface area contributed by atoms with Crippen LogP contribution in [0.1, 0.15) is 56.3 Å². The Balaban J connectivity index is 0. The number of carbonyl (C=O) groups is 3. The first kappa shape index (κ1) is 24.8. The Kier molecular flexibility index (Phi) is 17.8. The molecule has 0 spiro atoms. The molecule has 0 heterocycles. The molecule has 142 valence electrons. The molecular weight excluding hydrogens is 328 g/mol. The first-order valence-electron chi connectivity index (χ1n) is 8.15. The van der Waals surface area contributed by atoms with Gasteiger partial charge in [-0.25, -0.2) is 9.59 Å². The number of hydrogen-bond acceptors (Lipinski definition) is 5. The lowest BCUT2D eigenvalue weighted by Gasteiger charge is -2.09. The summed E-state index contributed by atoms with van der Waals surface area (Å²) in [7, 11) is 0. The molecule has 0 aliphatic carbocycles. The lowest BCUT2D eigenvalue weighted by Crippen LogP contribution is -2.23. The van der Waals surface area contributed by atoms with Crippen LogP contribution < -0.4 is 0 Å². The number of hydrogen-bond donors (Lipinski definition) is 3. The quantitative estimate of drug-likeness (QED) is 0.372. The van der Waals surface area contributed by atoms with Gasteiger partial charge in [0.1, 0.15) is 0 Å². The van der Waals surface area contributed by atoms with Gasteiger partial charge in [-0.1, -0.05) is 51.3 Å². The number of esters is 1. The number of aromatic carboxylic acids is 1. The minimum atomic E-state index is -0.920. The molecular formula is C18H28O7. The summed E-state index contributed by atoms with van der Waals surface area (Å²) in [6.45, 7) is 4.23. The largest absolute Gasteiger partial charge is 0.483 e. The Labute approximate surface area is 148 Å². The highest BCUT2D eigenvalue weighted by Gasteiger charge is 2.14. The molecule has 0 amide bonds. The Morgan fingerprint density at radius 1 is 1.12 bits per heavy atom. The number of carboxylic acid groups (broad SMARTS) is 2. The fourth-order valence-corrected chi connectivity index (χ4v) is 1.51. The zero-order chi connectivity index (χ0) is 19.5. The van der Waals surface area contributed by atoms with Crippen molar-refractivity contribution in [3.63, 3.8) is 0 Å². The van der Waals surface area contributed by atoms with Crippen molar-refractivity contribution in [2.45, 2.75) is 52.1 Å². The maximum Gasteiger partial charge on any atom is 0.335 e. The second-order valence-corrected chi connectivity index (χ2v) is 4.96. The molecule has 1 aromatic carbocycles. The van der Waals surface area contributed by atoms with Gasteiger partial charge in [0.2, 0.25) is 0 Å². The van der Waals surface area contributed by atoms with Crippen LogP contribution in [0, 0.1) is 0 Å². The van der Waals surface area contributed by atoms with E-state index in [1.54, 1.807) is 30.3 Å². The molecule has 7 heteroatoms. The van der Waals surface area contributed by atoms with E-state index in [-0.39, 0.29) is 6.47 Å². The Hall–Kier alpha value is -2.41. The number of ether oxygens (including phenoxy) is 1. The number of rotatable bonds is 8. The minimum Gasteiger partial charge on any atom is -0.483 e. The molecule has 0 aliphatic rings. The van der Waals surface area contributed by atoms with Gasteiger partial charge in [-0.15, -0.1) is 0 Å². The molecule has 3 N–H and O–H groups in total. The number of benzene rings is 1. The summed E-state index contributed by atoms with van der Waals surface area (Å²) in [5, 5.41) is 24.5. The second kappa shape index (κ2) is 17.9. The van der Waals surface area contributed by atoms with Crippen molar-refractivity contribution >= 4 is 18.4 Å². The van der Waals surface area contributed by atoms with Gasteiger partial charge in [0, 0.05) is 0 Å². The molecule has 0 saturated carbocycles. The van der Waals surface area contributed by atoms with E-state index in [9.17, 15) is 14.7 Å². The highest BCUT2D eigenvalue weighted by Crippen LogP contribution is 2.02. The SMILES string of the molecule is CCCCOC(=O)C(O)CCCC.O=C(O)c1ccccc1.O=CO. The summed E-state index contributed by atoms with van der Waals surface area (Å²) in [5.41, 5.74) is 0.331. The highest BCUT2D eigenvalue weighted by atomic mass is 16.5. The average Bonchev–Trinajstić information content (AvgIpc) is 2.61. The molecule has 1 rings (SSSR count). The van der Waals surface area contributed by atoms with E-state index in [2.05, 4.69) is 0 Å². The van der Waals surface area contributed by atoms with E-state index in [1.807, 2.05) is 13.8 Å². The van der Waals surface area contributed by atoms with E-state index >= 15 is 0 Å². The van der Waals surface area contributed by atoms with Crippen molar-refractivity contribution in [3.8, 4) is 0 Å². The maximum absolute atomic E-state index is 11.1. The van der Waals surface area contributed by atoms with E-state index in [1.165, 1.54) is 0 Å². The Bertz CT molecular complexity index is 460. The summed E-state index contributed by atoms with van der Waals surface area (Å²) in [5.74, 6) is -1.35. The van der Waals surface area contributed by atoms with Crippen LogP contribution in [-0.2, 0) is 14.3 Å². The van der Waals surface area contributed by atoms with Crippen molar-refractivity contribution in [2.75, 3.05) is 6.61 Å². The fourth-order valence-electron chi connectivity index (χ4n) is 1.51. The molecule has 1 atom stereocenters. The Morgan fingerprint density at radius 2 is 1.64 bits per heavy atom. The Morgan fingerprint density at radius 3 is 2.04 bits per heavy atom. The van der Waals surface area contributed by atoms with Gasteiger partial charge in [-0.3, -0.25) is 4.79 Å². The molecule has 0 aliphatic heterocycles. The van der Waals surface area contributed by atoms with Gasteiger partial charge in [-0.2, -0.15) is 0 Å². The summed E-state index contributed by atoms with van der Waals surface area (Å²) >= 11 is 0. The van der Waals surface area contributed by atoms with Crippen LogP contribution in [0.15, 0.2) is 30.3 Å². The van der Waals surface area contributed by atoms with Gasteiger partial charge in [0.25, 0.3) is 6.47 Å². The van der Waals surface area contributed by atoms with E-state index < -0.39 is 18.0 Å². The number of aliphatic hydroxyl groups is 1. The molecule has 25 heavy (non-hydrogen) atoms. The summed E-state index contributed by atoms with van der Waals surface area (Å²) < 4.78 is 4.85. The lowest BCUT2D eigenvalue weighted by molar-refractivity contribution is -0.154. The predicted molar refractivity (Wildman–Crippen MR) is 93.5 cm³/mol. The number of unbranched alkanes of at least 4 members (excludes halogenated alkanes) is 2. The summed E-state index contributed by atoms with van der Waals surface area (Å²) in [6.07, 6.45) is 3.31. The van der Waals surface area contributed by atoms with Crippen molar-refractivity contribution < 1.29 is 34.4 Å². The number of carboxylic acids is 1. The molecule has 0 bridgehead atoms. The third-order valence-electron chi connectivity index (χ3n) is 2.87. The van der Waals surface area contributed by atoms with Gasteiger partial charge < -0.3 is 20.1 Å². The topological polar surface area (TPSA) is 121 Å². The third-order valence-corrected chi connectivity index (χ3v) is 2.87. The van der Waals surface area contributed by atoms with Gasteiger partial charge in [-0.05, 0) is 25.0 Å². The van der Waals surface area contributed by atoms with Crippen LogP contribution >= 0.6 is 0 Å². The lowest BCUT2D eigenvalue weighted by atomic mass is 10.2. The highest BCUT2D eigenvalue weighted by molar-refractivity contribution is 5.87. The second-order valence-electron chi connectivity index (χ2n) is 4.96. The molecule has 1 unspecified atom stereocenters. The smallest absolute Gasteiger partial charge is 0.335 e. The van der Waals surface area contributed by atoms with Crippen LogP contribution in [0.4, 0.5) is 0 Å². The van der Waals surface area contributed by atoms with Gasteiger partial charge in [0.15, 0.2) is 6.10 Å². The van der Waals surface area contributed by atoms with Crippen molar-refractivity contribution in [1.29, 1.82) is 0 Å². The standard InChI is InChI=1S/C10H20O3.C7H6O2.CH2O2/c1-3-5-7-9(11)10(12)13-8-6-4-2;8-7(9)6-4-2-1-3-5-6;2-1-3/h9,11H,3-8H2,1-2H3;1-5H,(H,8,9);1H,(H,2,3). The third kappa shape index (κ3) is 16.2. The molecule has 7 nitrogen and oxygen atoms in total. The van der Waals surface area contributed by atoms with E-state index in [0.717, 1.165) is 25.7 Å². The normalized spacial score (nSPS) is 10.2. The monoisotopic (exact) mass is 356 g/mol. The first-order valence-corrected chi connectivity index (χ1v) is 8.15. The maximum atomic E-state index is 11.1. The predicted octanol–water partition coefficient (Wildman–Crippen LogP) is 2.97. The zero-order valence-electron chi connectivity index (χ0n) is 14.8. The van der Waals surface area contributed by atoms with Crippen LogP contribution in [0.3, 0.4) is 0 Å². The fraction of sp³-hybridized carbons (Fsp3) is 0.500. The summed E-state index contributed by atoms with van der Waals surface area (Å²) in [4.78, 5) is 29.6. The number of carbonyl (C=O) groups excluding carboxylic acids is 1. The van der Waals surface area contributed by atoms with Crippen molar-refractivity contribution in [3.05, 3.63) is 35.9 Å². The molecule has 0 radical (unpaired) electrons.